The highest BCUT2D eigenvalue weighted by Gasteiger charge is 2.13. The van der Waals surface area contributed by atoms with Crippen molar-refractivity contribution in [3.63, 3.8) is 0 Å². The standard InChI is InChI=1S/C26H19Br3N2O3/c1-2-3-18-10-17(11-22(29)25(18)33-15-16-4-6-20(27)7-5-16)14-30-31-26(32)24-13-19-12-21(28)8-9-23(19)34-24/h2,4-14H,1,3,15H2,(H,31,32)/b30-14+. The lowest BCUT2D eigenvalue weighted by Crippen LogP contribution is -2.16. The molecule has 34 heavy (non-hydrogen) atoms. The first-order valence-electron chi connectivity index (χ1n) is 10.3. The highest BCUT2D eigenvalue weighted by atomic mass is 79.9. The predicted octanol–water partition coefficient (Wildman–Crippen LogP) is 7.79. The number of hydrazone groups is 1. The third kappa shape index (κ3) is 6.05. The van der Waals surface area contributed by atoms with E-state index in [0.717, 1.165) is 41.2 Å². The number of ether oxygens (including phenoxy) is 1. The highest BCUT2D eigenvalue weighted by Crippen LogP contribution is 2.32. The lowest BCUT2D eigenvalue weighted by atomic mass is 10.1. The summed E-state index contributed by atoms with van der Waals surface area (Å²) in [5.74, 6) is 0.510. The topological polar surface area (TPSA) is 63.8 Å². The van der Waals surface area contributed by atoms with Gasteiger partial charge in [-0.25, -0.2) is 5.43 Å². The minimum Gasteiger partial charge on any atom is -0.487 e. The molecule has 4 aromatic rings. The third-order valence-electron chi connectivity index (χ3n) is 4.89. The molecule has 0 bridgehead atoms. The van der Waals surface area contributed by atoms with Crippen molar-refractivity contribution in [2.75, 3.05) is 0 Å². The van der Waals surface area contributed by atoms with Gasteiger partial charge >= 0.3 is 5.91 Å². The first-order chi connectivity index (χ1) is 16.4. The number of fused-ring (bicyclic) bond motifs is 1. The Morgan fingerprint density at radius 3 is 2.56 bits per heavy atom. The van der Waals surface area contributed by atoms with Crippen molar-refractivity contribution in [3.8, 4) is 5.75 Å². The van der Waals surface area contributed by atoms with Crippen LogP contribution in [0.2, 0.25) is 0 Å². The largest absolute Gasteiger partial charge is 0.487 e. The molecule has 0 saturated heterocycles. The van der Waals surface area contributed by atoms with Crippen LogP contribution >= 0.6 is 47.8 Å². The predicted molar refractivity (Wildman–Crippen MR) is 145 cm³/mol. The maximum atomic E-state index is 12.4. The quantitative estimate of drug-likeness (QED) is 0.121. The molecule has 0 atom stereocenters. The molecule has 0 spiro atoms. The summed E-state index contributed by atoms with van der Waals surface area (Å²) in [5, 5.41) is 4.93. The Bertz CT molecular complexity index is 1380. The number of halogens is 3. The van der Waals surface area contributed by atoms with E-state index in [1.54, 1.807) is 18.3 Å². The molecule has 3 aromatic carbocycles. The number of carbonyl (C=O) groups excluding carboxylic acids is 1. The first kappa shape index (κ1) is 24.4. The fourth-order valence-electron chi connectivity index (χ4n) is 3.30. The number of carbonyl (C=O) groups is 1. The van der Waals surface area contributed by atoms with Crippen molar-refractivity contribution in [1.82, 2.24) is 5.43 Å². The summed E-state index contributed by atoms with van der Waals surface area (Å²) in [6.07, 6.45) is 4.01. The third-order valence-corrected chi connectivity index (χ3v) is 6.50. The van der Waals surface area contributed by atoms with Crippen LogP contribution < -0.4 is 10.2 Å². The van der Waals surface area contributed by atoms with Crippen molar-refractivity contribution in [2.24, 2.45) is 5.10 Å². The number of furan rings is 1. The summed E-state index contributed by atoms with van der Waals surface area (Å²) in [5.41, 5.74) is 5.96. The number of amides is 1. The minimum atomic E-state index is -0.427. The molecular weight excluding hydrogens is 628 g/mol. The van der Waals surface area contributed by atoms with E-state index in [4.69, 9.17) is 9.15 Å². The number of hydrogen-bond acceptors (Lipinski definition) is 4. The summed E-state index contributed by atoms with van der Waals surface area (Å²) >= 11 is 10.5. The van der Waals surface area contributed by atoms with Crippen LogP contribution in [0.4, 0.5) is 0 Å². The van der Waals surface area contributed by atoms with Crippen LogP contribution in [0.15, 0.2) is 96.3 Å². The van der Waals surface area contributed by atoms with Gasteiger partial charge in [0.2, 0.25) is 0 Å². The summed E-state index contributed by atoms with van der Waals surface area (Å²) in [4.78, 5) is 12.4. The Kier molecular flexibility index (Phi) is 8.03. The summed E-state index contributed by atoms with van der Waals surface area (Å²) in [6, 6.07) is 19.1. The Hall–Kier alpha value is -2.68. The van der Waals surface area contributed by atoms with Crippen LogP contribution in [0.1, 0.15) is 27.2 Å². The van der Waals surface area contributed by atoms with Crippen LogP contribution in [-0.4, -0.2) is 12.1 Å². The molecule has 1 N–H and O–H groups in total. The zero-order valence-corrected chi connectivity index (χ0v) is 22.6. The maximum absolute atomic E-state index is 12.4. The van der Waals surface area contributed by atoms with Gasteiger partial charge in [0, 0.05) is 14.3 Å². The minimum absolute atomic E-state index is 0.190. The molecule has 0 aliphatic rings. The average molecular weight is 647 g/mol. The molecule has 0 radical (unpaired) electrons. The Morgan fingerprint density at radius 1 is 1.03 bits per heavy atom. The lowest BCUT2D eigenvalue weighted by molar-refractivity contribution is 0.0929. The highest BCUT2D eigenvalue weighted by molar-refractivity contribution is 9.11. The maximum Gasteiger partial charge on any atom is 0.307 e. The fraction of sp³-hybridized carbons (Fsp3) is 0.0769. The summed E-state index contributed by atoms with van der Waals surface area (Å²) in [6.45, 7) is 4.28. The van der Waals surface area contributed by atoms with Gasteiger partial charge in [-0.05, 0) is 87.6 Å². The van der Waals surface area contributed by atoms with Gasteiger partial charge in [0.1, 0.15) is 17.9 Å². The number of allylic oxidation sites excluding steroid dienone is 1. The van der Waals surface area contributed by atoms with Gasteiger partial charge in [0.25, 0.3) is 0 Å². The number of nitrogens with one attached hydrogen (secondary N) is 1. The Balaban J connectivity index is 1.46. The normalized spacial score (nSPS) is 11.1. The van der Waals surface area contributed by atoms with Crippen LogP contribution in [0.25, 0.3) is 11.0 Å². The Morgan fingerprint density at radius 2 is 1.79 bits per heavy atom. The average Bonchev–Trinajstić information content (AvgIpc) is 3.23. The van der Waals surface area contributed by atoms with E-state index in [9.17, 15) is 4.79 Å². The van der Waals surface area contributed by atoms with E-state index in [1.165, 1.54) is 0 Å². The first-order valence-corrected chi connectivity index (χ1v) is 12.6. The van der Waals surface area contributed by atoms with E-state index in [-0.39, 0.29) is 5.76 Å². The molecular formula is C26H19Br3N2O3. The van der Waals surface area contributed by atoms with Gasteiger partial charge in [-0.3, -0.25) is 4.79 Å². The molecule has 0 unspecified atom stereocenters. The second-order valence-electron chi connectivity index (χ2n) is 7.39. The number of benzene rings is 3. The van der Waals surface area contributed by atoms with Crippen LogP contribution in [-0.2, 0) is 13.0 Å². The van der Waals surface area contributed by atoms with Crippen LogP contribution in [0.3, 0.4) is 0 Å². The lowest BCUT2D eigenvalue weighted by Gasteiger charge is -2.14. The summed E-state index contributed by atoms with van der Waals surface area (Å²) < 4.78 is 14.4. The van der Waals surface area contributed by atoms with Crippen LogP contribution in [0, 0.1) is 0 Å². The Labute approximate surface area is 222 Å². The van der Waals surface area contributed by atoms with Crippen molar-refractivity contribution in [3.05, 3.63) is 109 Å². The van der Waals surface area contributed by atoms with Gasteiger partial charge in [-0.2, -0.15) is 5.10 Å². The number of nitrogens with zero attached hydrogens (tertiary/aromatic N) is 1. The smallest absolute Gasteiger partial charge is 0.307 e. The van der Waals surface area contributed by atoms with Crippen LogP contribution in [0.5, 0.6) is 5.75 Å². The molecule has 172 valence electrons. The molecule has 4 rings (SSSR count). The molecule has 0 aliphatic heterocycles. The van der Waals surface area contributed by atoms with Crippen molar-refractivity contribution < 1.29 is 13.9 Å². The van der Waals surface area contributed by atoms with Gasteiger partial charge in [0.15, 0.2) is 5.76 Å². The van der Waals surface area contributed by atoms with E-state index in [2.05, 4.69) is 64.9 Å². The number of hydrogen-bond donors (Lipinski definition) is 1. The molecule has 1 heterocycles. The zero-order chi connectivity index (χ0) is 24.1. The SMILES string of the molecule is C=CCc1cc(/C=N/NC(=O)c2cc3cc(Br)ccc3o2)cc(Br)c1OCc1ccc(Br)cc1. The van der Waals surface area contributed by atoms with Gasteiger partial charge in [-0.1, -0.05) is 50.1 Å². The van der Waals surface area contributed by atoms with E-state index in [0.29, 0.717) is 18.6 Å². The molecule has 5 nitrogen and oxygen atoms in total. The monoisotopic (exact) mass is 644 g/mol. The van der Waals surface area contributed by atoms with E-state index >= 15 is 0 Å². The molecule has 1 amide bonds. The van der Waals surface area contributed by atoms with E-state index < -0.39 is 5.91 Å². The molecule has 1 aromatic heterocycles. The van der Waals surface area contributed by atoms with Crippen molar-refractivity contribution in [2.45, 2.75) is 13.0 Å². The second-order valence-corrected chi connectivity index (χ2v) is 10.1. The van der Waals surface area contributed by atoms with Gasteiger partial charge in [0.05, 0.1) is 10.7 Å². The molecule has 0 fully saturated rings. The van der Waals surface area contributed by atoms with E-state index in [1.807, 2.05) is 54.6 Å². The number of rotatable bonds is 8. The fourth-order valence-corrected chi connectivity index (χ4v) is 4.58. The van der Waals surface area contributed by atoms with Crippen molar-refractivity contribution in [1.29, 1.82) is 0 Å². The zero-order valence-electron chi connectivity index (χ0n) is 17.9. The second kappa shape index (κ2) is 11.2. The van der Waals surface area contributed by atoms with Gasteiger partial charge < -0.3 is 9.15 Å². The van der Waals surface area contributed by atoms with Gasteiger partial charge in [-0.15, -0.1) is 6.58 Å². The molecule has 8 heteroatoms. The molecule has 0 aliphatic carbocycles. The van der Waals surface area contributed by atoms with Crippen molar-refractivity contribution >= 4 is 70.9 Å². The summed E-state index contributed by atoms with van der Waals surface area (Å²) in [7, 11) is 0. The molecule has 0 saturated carbocycles.